The van der Waals surface area contributed by atoms with Crippen molar-refractivity contribution >= 4 is 63.5 Å². The minimum atomic E-state index is -0.158. The summed E-state index contributed by atoms with van der Waals surface area (Å²) in [6, 6.07) is 17.8. The molecule has 1 aromatic heterocycles. The average Bonchev–Trinajstić information content (AvgIpc) is 3.33. The molecule has 2 heterocycles. The molecule has 1 fully saturated rings. The Kier molecular flexibility index (Phi) is 5.90. The number of aliphatic imine (C=N–C) groups is 1. The van der Waals surface area contributed by atoms with E-state index in [2.05, 4.69) is 4.99 Å². The third kappa shape index (κ3) is 4.65. The largest absolute Gasteiger partial charge is 0.465 e. The first-order valence-corrected chi connectivity index (χ1v) is 10.2. The number of carbonyl (C=O) groups is 1. The predicted molar refractivity (Wildman–Crippen MR) is 121 cm³/mol. The second kappa shape index (κ2) is 8.74. The molecule has 0 bridgehead atoms. The van der Waals surface area contributed by atoms with Crippen LogP contribution < -0.4 is 4.90 Å². The monoisotopic (exact) mass is 440 g/mol. The molecule has 0 saturated carbocycles. The van der Waals surface area contributed by atoms with Gasteiger partial charge in [0.25, 0.3) is 5.91 Å². The van der Waals surface area contributed by atoms with Gasteiger partial charge in [0.15, 0.2) is 5.17 Å². The van der Waals surface area contributed by atoms with Gasteiger partial charge in [0.05, 0.1) is 22.5 Å². The summed E-state index contributed by atoms with van der Waals surface area (Å²) < 4.78 is 5.27. The van der Waals surface area contributed by atoms with Crippen molar-refractivity contribution in [2.45, 2.75) is 0 Å². The maximum atomic E-state index is 13.1. The fraction of sp³-hybridized carbons (Fsp3) is 0. The molecule has 1 amide bonds. The number of amides is 1. The lowest BCUT2D eigenvalue weighted by atomic mass is 10.3. The minimum absolute atomic E-state index is 0.158. The summed E-state index contributed by atoms with van der Waals surface area (Å²) in [7, 11) is 0. The minimum Gasteiger partial charge on any atom is -0.465 e. The summed E-state index contributed by atoms with van der Waals surface area (Å²) in [4.78, 5) is 19.9. The second-order valence-corrected chi connectivity index (χ2v) is 7.88. The lowest BCUT2D eigenvalue weighted by Crippen LogP contribution is -2.28. The molecule has 0 unspecified atom stereocenters. The highest BCUT2D eigenvalue weighted by Gasteiger charge is 2.34. The number of hydrogen-bond acceptors (Lipinski definition) is 4. The number of amidine groups is 1. The van der Waals surface area contributed by atoms with Crippen LogP contribution in [0.25, 0.3) is 6.08 Å². The number of thioether (sulfide) groups is 1. The van der Waals surface area contributed by atoms with Gasteiger partial charge in [-0.3, -0.25) is 9.69 Å². The van der Waals surface area contributed by atoms with Gasteiger partial charge < -0.3 is 4.42 Å². The number of nitrogens with zero attached hydrogens (tertiary/aromatic N) is 2. The molecule has 2 aromatic carbocycles. The lowest BCUT2D eigenvalue weighted by molar-refractivity contribution is -0.113. The van der Waals surface area contributed by atoms with Gasteiger partial charge in [-0.1, -0.05) is 29.3 Å². The van der Waals surface area contributed by atoms with Crippen molar-refractivity contribution in [2.24, 2.45) is 4.99 Å². The molecule has 0 spiro atoms. The van der Waals surface area contributed by atoms with E-state index in [9.17, 15) is 4.79 Å². The zero-order chi connectivity index (χ0) is 20.2. The van der Waals surface area contributed by atoms with Gasteiger partial charge in [-0.25, -0.2) is 4.99 Å². The Bertz CT molecular complexity index is 1100. The van der Waals surface area contributed by atoms with Gasteiger partial charge in [0.1, 0.15) is 5.76 Å². The van der Waals surface area contributed by atoms with Crippen molar-refractivity contribution in [3.63, 3.8) is 0 Å². The highest BCUT2D eigenvalue weighted by atomic mass is 35.5. The number of halogens is 2. The Labute approximate surface area is 182 Å². The van der Waals surface area contributed by atoms with Crippen molar-refractivity contribution in [2.75, 3.05) is 4.90 Å². The number of benzene rings is 2. The van der Waals surface area contributed by atoms with E-state index in [-0.39, 0.29) is 5.91 Å². The first kappa shape index (κ1) is 19.6. The molecule has 29 heavy (non-hydrogen) atoms. The molecule has 0 N–H and O–H groups in total. The van der Waals surface area contributed by atoms with Crippen LogP contribution in [0.2, 0.25) is 10.0 Å². The van der Waals surface area contributed by atoms with Gasteiger partial charge in [0, 0.05) is 10.0 Å². The van der Waals surface area contributed by atoms with Crippen molar-refractivity contribution in [1.82, 2.24) is 0 Å². The summed E-state index contributed by atoms with van der Waals surface area (Å²) >= 11 is 13.3. The molecule has 1 aliphatic heterocycles. The van der Waals surface area contributed by atoms with E-state index in [0.29, 0.717) is 37.3 Å². The Hall–Kier alpha value is -2.73. The molecule has 1 saturated heterocycles. The van der Waals surface area contributed by atoms with E-state index in [1.807, 2.05) is 6.07 Å². The smallest absolute Gasteiger partial charge is 0.271 e. The normalized spacial score (nSPS) is 17.2. The highest BCUT2D eigenvalue weighted by Crippen LogP contribution is 2.36. The van der Waals surface area contributed by atoms with Crippen LogP contribution in [0.1, 0.15) is 5.76 Å². The van der Waals surface area contributed by atoms with Gasteiger partial charge in [-0.15, -0.1) is 0 Å². The van der Waals surface area contributed by atoms with E-state index in [0.717, 1.165) is 0 Å². The maximum Gasteiger partial charge on any atom is 0.271 e. The average molecular weight is 441 g/mol. The fourth-order valence-electron chi connectivity index (χ4n) is 2.62. The SMILES string of the molecule is O=C1/C(=C\C=C\c2ccco2)SC(=Nc2ccc(Cl)cc2)N1c1ccc(Cl)cc1. The number of anilines is 1. The van der Waals surface area contributed by atoms with Crippen molar-refractivity contribution in [1.29, 1.82) is 0 Å². The summed E-state index contributed by atoms with van der Waals surface area (Å²) in [5.74, 6) is 0.552. The van der Waals surface area contributed by atoms with Crippen LogP contribution in [0.3, 0.4) is 0 Å². The molecule has 4 nitrogen and oxygen atoms in total. The van der Waals surface area contributed by atoms with Crippen LogP contribution in [0.5, 0.6) is 0 Å². The number of carbonyl (C=O) groups excluding carboxylic acids is 1. The molecular formula is C22H14Cl2N2O2S. The van der Waals surface area contributed by atoms with Gasteiger partial charge >= 0.3 is 0 Å². The van der Waals surface area contributed by atoms with E-state index >= 15 is 0 Å². The Morgan fingerprint density at radius 2 is 1.66 bits per heavy atom. The number of furan rings is 1. The molecule has 3 aromatic rings. The highest BCUT2D eigenvalue weighted by molar-refractivity contribution is 8.19. The Balaban J connectivity index is 1.69. The molecule has 4 rings (SSSR count). The summed E-state index contributed by atoms with van der Waals surface area (Å²) in [6.45, 7) is 0. The topological polar surface area (TPSA) is 45.8 Å². The predicted octanol–water partition coefficient (Wildman–Crippen LogP) is 6.95. The van der Waals surface area contributed by atoms with Crippen LogP contribution in [0.15, 0.2) is 93.4 Å². The maximum absolute atomic E-state index is 13.1. The lowest BCUT2D eigenvalue weighted by Gasteiger charge is -2.15. The standard InChI is InChI=1S/C22H14Cl2N2O2S/c23-15-6-10-17(11-7-15)25-22-26(18-12-8-16(24)9-13-18)21(27)20(29-22)5-1-3-19-4-2-14-28-19/h1-14H/b3-1+,20-5+,25-22?. The van der Waals surface area contributed by atoms with Gasteiger partial charge in [-0.2, -0.15) is 0 Å². The fourth-order valence-corrected chi connectivity index (χ4v) is 3.83. The van der Waals surface area contributed by atoms with E-state index in [4.69, 9.17) is 27.6 Å². The number of allylic oxidation sites excluding steroid dienone is 2. The molecule has 144 valence electrons. The molecule has 0 atom stereocenters. The van der Waals surface area contributed by atoms with Crippen molar-refractivity contribution < 1.29 is 9.21 Å². The molecular weight excluding hydrogens is 427 g/mol. The van der Waals surface area contributed by atoms with Crippen molar-refractivity contribution in [3.8, 4) is 0 Å². The molecule has 1 aliphatic rings. The van der Waals surface area contributed by atoms with Crippen LogP contribution >= 0.6 is 35.0 Å². The Morgan fingerprint density at radius 1 is 0.966 bits per heavy atom. The number of rotatable bonds is 4. The van der Waals surface area contributed by atoms with Crippen LogP contribution in [-0.2, 0) is 4.79 Å². The first-order chi connectivity index (χ1) is 14.1. The van der Waals surface area contributed by atoms with Crippen LogP contribution in [0, 0.1) is 0 Å². The van der Waals surface area contributed by atoms with Crippen molar-refractivity contribution in [3.05, 3.63) is 99.8 Å². The van der Waals surface area contributed by atoms with E-state index in [1.54, 1.807) is 84.0 Å². The van der Waals surface area contributed by atoms with Gasteiger partial charge in [0.2, 0.25) is 0 Å². The van der Waals surface area contributed by atoms with E-state index in [1.165, 1.54) is 11.8 Å². The molecule has 7 heteroatoms. The third-order valence-corrected chi connectivity index (χ3v) is 5.48. The quantitative estimate of drug-likeness (QED) is 0.412. The zero-order valence-electron chi connectivity index (χ0n) is 15.0. The second-order valence-electron chi connectivity index (χ2n) is 6.00. The third-order valence-electron chi connectivity index (χ3n) is 3.99. The van der Waals surface area contributed by atoms with Crippen LogP contribution in [0.4, 0.5) is 11.4 Å². The summed E-state index contributed by atoms with van der Waals surface area (Å²) in [6.07, 6.45) is 6.93. The van der Waals surface area contributed by atoms with Crippen LogP contribution in [-0.4, -0.2) is 11.1 Å². The van der Waals surface area contributed by atoms with E-state index < -0.39 is 0 Å². The summed E-state index contributed by atoms with van der Waals surface area (Å²) in [5, 5.41) is 1.78. The molecule has 0 aliphatic carbocycles. The number of hydrogen-bond donors (Lipinski definition) is 0. The molecule has 0 radical (unpaired) electrons. The summed E-state index contributed by atoms with van der Waals surface area (Å²) in [5.41, 5.74) is 1.40. The van der Waals surface area contributed by atoms with Gasteiger partial charge in [-0.05, 0) is 84.6 Å². The zero-order valence-corrected chi connectivity index (χ0v) is 17.3. The first-order valence-electron chi connectivity index (χ1n) is 8.64. The Morgan fingerprint density at radius 3 is 2.31 bits per heavy atom.